The number of carbonyl (C=O) groups is 1. The van der Waals surface area contributed by atoms with Gasteiger partial charge in [0.2, 0.25) is 0 Å². The summed E-state index contributed by atoms with van der Waals surface area (Å²) >= 11 is 0. The summed E-state index contributed by atoms with van der Waals surface area (Å²) in [5.74, 6) is 0.841. The fraction of sp³-hybridized carbons (Fsp3) is 0.476. The summed E-state index contributed by atoms with van der Waals surface area (Å²) < 4.78 is 0. The van der Waals surface area contributed by atoms with Gasteiger partial charge < -0.3 is 4.90 Å². The molecule has 0 spiro atoms. The molecule has 2 aliphatic rings. The first kappa shape index (κ1) is 17.2. The van der Waals surface area contributed by atoms with Crippen molar-refractivity contribution in [2.24, 2.45) is 0 Å². The molecule has 2 fully saturated rings. The molecule has 4 rings (SSSR count). The Morgan fingerprint density at radius 3 is 2.50 bits per heavy atom. The highest BCUT2D eigenvalue weighted by atomic mass is 16.2. The fourth-order valence-corrected chi connectivity index (χ4v) is 4.20. The van der Waals surface area contributed by atoms with Crippen LogP contribution in [0.1, 0.15) is 43.0 Å². The summed E-state index contributed by atoms with van der Waals surface area (Å²) in [5, 5.41) is 0. The van der Waals surface area contributed by atoms with Crippen molar-refractivity contribution in [1.82, 2.24) is 19.8 Å². The Bertz CT molecular complexity index is 746. The summed E-state index contributed by atoms with van der Waals surface area (Å²) in [5.41, 5.74) is 1.69. The number of hydrogen-bond acceptors (Lipinski definition) is 4. The molecule has 1 amide bonds. The first-order valence-corrected chi connectivity index (χ1v) is 9.65. The SMILES string of the molecule is C[C@@H]1CCCN1C[C@@H]1CCCN1C(=O)c1ccc(-c2ncccn2)cc1. The van der Waals surface area contributed by atoms with Crippen LogP contribution >= 0.6 is 0 Å². The molecule has 5 nitrogen and oxygen atoms in total. The van der Waals surface area contributed by atoms with Gasteiger partial charge in [0, 0.05) is 48.7 Å². The van der Waals surface area contributed by atoms with E-state index in [1.165, 1.54) is 19.4 Å². The fourth-order valence-electron chi connectivity index (χ4n) is 4.20. The van der Waals surface area contributed by atoms with Gasteiger partial charge in [-0.1, -0.05) is 12.1 Å². The van der Waals surface area contributed by atoms with Gasteiger partial charge in [-0.3, -0.25) is 9.69 Å². The summed E-state index contributed by atoms with van der Waals surface area (Å²) in [6, 6.07) is 10.5. The second kappa shape index (κ2) is 7.54. The van der Waals surface area contributed by atoms with E-state index >= 15 is 0 Å². The number of hydrogen-bond donors (Lipinski definition) is 0. The van der Waals surface area contributed by atoms with E-state index in [0.29, 0.717) is 17.9 Å². The van der Waals surface area contributed by atoms with Crippen molar-refractivity contribution < 1.29 is 4.79 Å². The third-order valence-electron chi connectivity index (χ3n) is 5.73. The maximum Gasteiger partial charge on any atom is 0.254 e. The molecule has 5 heteroatoms. The highest BCUT2D eigenvalue weighted by molar-refractivity contribution is 5.95. The first-order chi connectivity index (χ1) is 12.7. The molecule has 0 unspecified atom stereocenters. The minimum absolute atomic E-state index is 0.153. The molecule has 2 aliphatic heterocycles. The summed E-state index contributed by atoms with van der Waals surface area (Å²) in [4.78, 5) is 26.2. The zero-order chi connectivity index (χ0) is 17.9. The standard InChI is InChI=1S/C21H26N4O/c1-16-5-2-13-24(16)15-19-6-3-14-25(19)21(26)18-9-7-17(8-10-18)20-22-11-4-12-23-20/h4,7-12,16,19H,2-3,5-6,13-15H2,1H3/t16-,19+/m1/s1. The molecule has 2 aromatic rings. The summed E-state index contributed by atoms with van der Waals surface area (Å²) in [6.07, 6.45) is 8.25. The van der Waals surface area contributed by atoms with Gasteiger partial charge in [-0.2, -0.15) is 0 Å². The molecule has 1 aromatic carbocycles. The van der Waals surface area contributed by atoms with E-state index in [1.54, 1.807) is 18.5 Å². The molecule has 136 valence electrons. The van der Waals surface area contributed by atoms with Gasteiger partial charge in [0.25, 0.3) is 5.91 Å². The Morgan fingerprint density at radius 1 is 1.08 bits per heavy atom. The molecule has 2 atom stereocenters. The van der Waals surface area contributed by atoms with Crippen molar-refractivity contribution in [2.45, 2.75) is 44.7 Å². The highest BCUT2D eigenvalue weighted by Crippen LogP contribution is 2.25. The lowest BCUT2D eigenvalue weighted by atomic mass is 10.1. The van der Waals surface area contributed by atoms with Crippen molar-refractivity contribution in [2.75, 3.05) is 19.6 Å². The largest absolute Gasteiger partial charge is 0.334 e. The van der Waals surface area contributed by atoms with E-state index < -0.39 is 0 Å². The van der Waals surface area contributed by atoms with E-state index in [4.69, 9.17) is 0 Å². The maximum atomic E-state index is 13.0. The third kappa shape index (κ3) is 3.49. The predicted octanol–water partition coefficient (Wildman–Crippen LogP) is 3.23. The molecule has 1 aromatic heterocycles. The molecule has 0 aliphatic carbocycles. The van der Waals surface area contributed by atoms with Crippen LogP contribution in [0.5, 0.6) is 0 Å². The molecule has 3 heterocycles. The van der Waals surface area contributed by atoms with E-state index in [9.17, 15) is 4.79 Å². The highest BCUT2D eigenvalue weighted by Gasteiger charge is 2.32. The smallest absolute Gasteiger partial charge is 0.254 e. The van der Waals surface area contributed by atoms with Crippen molar-refractivity contribution in [3.63, 3.8) is 0 Å². The number of rotatable bonds is 4. The monoisotopic (exact) mass is 350 g/mol. The Balaban J connectivity index is 1.46. The zero-order valence-electron chi connectivity index (χ0n) is 15.3. The van der Waals surface area contributed by atoms with Gasteiger partial charge in [0.1, 0.15) is 0 Å². The Kier molecular flexibility index (Phi) is 4.98. The number of carbonyl (C=O) groups excluding carboxylic acids is 1. The van der Waals surface area contributed by atoms with Crippen LogP contribution in [0.2, 0.25) is 0 Å². The quantitative estimate of drug-likeness (QED) is 0.849. The topological polar surface area (TPSA) is 49.3 Å². The third-order valence-corrected chi connectivity index (χ3v) is 5.73. The summed E-state index contributed by atoms with van der Waals surface area (Å²) in [7, 11) is 0. The van der Waals surface area contributed by atoms with Crippen LogP contribution in [0.3, 0.4) is 0 Å². The number of benzene rings is 1. The zero-order valence-corrected chi connectivity index (χ0v) is 15.3. The normalized spacial score (nSPS) is 23.5. The van der Waals surface area contributed by atoms with Crippen LogP contribution < -0.4 is 0 Å². The van der Waals surface area contributed by atoms with Gasteiger partial charge in [-0.05, 0) is 57.4 Å². The van der Waals surface area contributed by atoms with Crippen molar-refractivity contribution >= 4 is 5.91 Å². The molecule has 0 saturated carbocycles. The van der Waals surface area contributed by atoms with Crippen molar-refractivity contribution in [3.05, 3.63) is 48.3 Å². The van der Waals surface area contributed by atoms with Gasteiger partial charge in [0.05, 0.1) is 0 Å². The lowest BCUT2D eigenvalue weighted by Crippen LogP contribution is -2.44. The molecule has 0 N–H and O–H groups in total. The lowest BCUT2D eigenvalue weighted by Gasteiger charge is -2.30. The Hall–Kier alpha value is -2.27. The van der Waals surface area contributed by atoms with Crippen LogP contribution in [-0.2, 0) is 0 Å². The van der Waals surface area contributed by atoms with Crippen LogP contribution in [-0.4, -0.2) is 57.4 Å². The molecule has 26 heavy (non-hydrogen) atoms. The minimum atomic E-state index is 0.153. The van der Waals surface area contributed by atoms with Gasteiger partial charge in [0.15, 0.2) is 5.82 Å². The van der Waals surface area contributed by atoms with Gasteiger partial charge >= 0.3 is 0 Å². The number of nitrogens with zero attached hydrogens (tertiary/aromatic N) is 4. The van der Waals surface area contributed by atoms with E-state index in [0.717, 1.165) is 37.1 Å². The summed E-state index contributed by atoms with van der Waals surface area (Å²) in [6.45, 7) is 5.36. The van der Waals surface area contributed by atoms with Crippen LogP contribution in [0.15, 0.2) is 42.7 Å². The number of aromatic nitrogens is 2. The molecule has 0 radical (unpaired) electrons. The maximum absolute atomic E-state index is 13.0. The van der Waals surface area contributed by atoms with Crippen molar-refractivity contribution in [3.8, 4) is 11.4 Å². The Morgan fingerprint density at radius 2 is 1.81 bits per heavy atom. The number of amides is 1. The average Bonchev–Trinajstić information content (AvgIpc) is 3.32. The average molecular weight is 350 g/mol. The second-order valence-corrected chi connectivity index (χ2v) is 7.43. The number of likely N-dealkylation sites (tertiary alicyclic amines) is 2. The van der Waals surface area contributed by atoms with Crippen LogP contribution in [0, 0.1) is 0 Å². The second-order valence-electron chi connectivity index (χ2n) is 7.43. The van der Waals surface area contributed by atoms with Crippen LogP contribution in [0.4, 0.5) is 0 Å². The molecule has 2 saturated heterocycles. The van der Waals surface area contributed by atoms with E-state index in [2.05, 4.69) is 26.7 Å². The molecular weight excluding hydrogens is 324 g/mol. The van der Waals surface area contributed by atoms with Crippen LogP contribution in [0.25, 0.3) is 11.4 Å². The van der Waals surface area contributed by atoms with E-state index in [1.807, 2.05) is 24.3 Å². The Labute approximate surface area is 155 Å². The minimum Gasteiger partial charge on any atom is -0.334 e. The molecular formula is C21H26N4O. The van der Waals surface area contributed by atoms with E-state index in [-0.39, 0.29) is 5.91 Å². The van der Waals surface area contributed by atoms with Crippen molar-refractivity contribution in [1.29, 1.82) is 0 Å². The predicted molar refractivity (Wildman–Crippen MR) is 102 cm³/mol. The lowest BCUT2D eigenvalue weighted by molar-refractivity contribution is 0.0696. The first-order valence-electron chi connectivity index (χ1n) is 9.65. The van der Waals surface area contributed by atoms with Gasteiger partial charge in [-0.15, -0.1) is 0 Å². The van der Waals surface area contributed by atoms with Gasteiger partial charge in [-0.25, -0.2) is 9.97 Å². The molecule has 0 bridgehead atoms.